The molecule has 0 saturated carbocycles. The fraction of sp³-hybridized carbons (Fsp3) is 0.458. The van der Waals surface area contributed by atoms with Crippen LogP contribution in [0.5, 0.6) is 5.75 Å². The number of nitrogens with one attached hydrogen (secondary N) is 1. The number of hydrogen-bond donors (Lipinski definition) is 1. The Morgan fingerprint density at radius 2 is 1.86 bits per heavy atom. The van der Waals surface area contributed by atoms with Crippen LogP contribution in [0.2, 0.25) is 0 Å². The Kier molecular flexibility index (Phi) is 6.35. The third-order valence-electron chi connectivity index (χ3n) is 5.81. The predicted molar refractivity (Wildman–Crippen MR) is 118 cm³/mol. The summed E-state index contributed by atoms with van der Waals surface area (Å²) in [5.41, 5.74) is 3.36. The Morgan fingerprint density at radius 1 is 1.00 bits per heavy atom. The maximum absolute atomic E-state index is 11.6. The molecule has 1 fully saturated rings. The van der Waals surface area contributed by atoms with Crippen LogP contribution in [0.25, 0.3) is 0 Å². The minimum atomic E-state index is 0.0914. The van der Waals surface area contributed by atoms with Crippen molar-refractivity contribution in [1.82, 2.24) is 4.90 Å². The quantitative estimate of drug-likeness (QED) is 0.811. The van der Waals surface area contributed by atoms with Crippen molar-refractivity contribution < 1.29 is 9.53 Å². The first kappa shape index (κ1) is 19.8. The van der Waals surface area contributed by atoms with Crippen LogP contribution in [-0.2, 0) is 11.2 Å². The van der Waals surface area contributed by atoms with Gasteiger partial charge < -0.3 is 19.9 Å². The summed E-state index contributed by atoms with van der Waals surface area (Å²) in [4.78, 5) is 16.7. The third-order valence-corrected chi connectivity index (χ3v) is 5.81. The zero-order chi connectivity index (χ0) is 20.1. The van der Waals surface area contributed by atoms with E-state index in [1.54, 1.807) is 0 Å². The molecule has 0 bridgehead atoms. The molecule has 2 aromatic carbocycles. The number of fused-ring (bicyclic) bond motifs is 1. The first-order valence-electron chi connectivity index (χ1n) is 10.8. The summed E-state index contributed by atoms with van der Waals surface area (Å²) in [6.07, 6.45) is 2.48. The number of hydrogen-bond acceptors (Lipinski definition) is 4. The molecule has 0 radical (unpaired) electrons. The number of amides is 1. The standard InChI is InChI=1S/C24H31N3O2/c1-19(18-29-23-10-5-9-22-21(23)11-12-24(28)25-22)17-26-13-6-14-27(16-15-26)20-7-3-2-4-8-20/h2-5,7-10,19H,6,11-18H2,1H3,(H,25,28). The van der Waals surface area contributed by atoms with Crippen molar-refractivity contribution in [2.45, 2.75) is 26.2 Å². The molecular formula is C24H31N3O2. The van der Waals surface area contributed by atoms with Crippen LogP contribution in [0, 0.1) is 5.92 Å². The van der Waals surface area contributed by atoms with Gasteiger partial charge in [-0.2, -0.15) is 0 Å². The van der Waals surface area contributed by atoms with Crippen LogP contribution >= 0.6 is 0 Å². The maximum atomic E-state index is 11.6. The van der Waals surface area contributed by atoms with E-state index in [0.717, 1.165) is 56.1 Å². The summed E-state index contributed by atoms with van der Waals surface area (Å²) in [6.45, 7) is 8.43. The zero-order valence-electron chi connectivity index (χ0n) is 17.3. The van der Waals surface area contributed by atoms with E-state index in [-0.39, 0.29) is 5.91 Å². The summed E-state index contributed by atoms with van der Waals surface area (Å²) >= 11 is 0. The number of rotatable bonds is 6. The smallest absolute Gasteiger partial charge is 0.224 e. The summed E-state index contributed by atoms with van der Waals surface area (Å²) in [6, 6.07) is 16.6. The molecule has 154 valence electrons. The van der Waals surface area contributed by atoms with Crippen LogP contribution in [0.4, 0.5) is 11.4 Å². The van der Waals surface area contributed by atoms with E-state index in [2.05, 4.69) is 52.4 Å². The van der Waals surface area contributed by atoms with Gasteiger partial charge in [-0.15, -0.1) is 0 Å². The first-order chi connectivity index (χ1) is 14.2. The van der Waals surface area contributed by atoms with Gasteiger partial charge in [0.1, 0.15) is 5.75 Å². The van der Waals surface area contributed by atoms with E-state index in [1.165, 1.54) is 12.1 Å². The Labute approximate surface area is 173 Å². The van der Waals surface area contributed by atoms with Crippen molar-refractivity contribution in [3.63, 3.8) is 0 Å². The van der Waals surface area contributed by atoms with Crippen molar-refractivity contribution in [2.24, 2.45) is 5.92 Å². The SMILES string of the molecule is CC(COc1cccc2c1CCC(=O)N2)CN1CCCN(c2ccccc2)CC1. The van der Waals surface area contributed by atoms with Gasteiger partial charge in [0.2, 0.25) is 5.91 Å². The summed E-state index contributed by atoms with van der Waals surface area (Å²) in [5.74, 6) is 1.46. The summed E-state index contributed by atoms with van der Waals surface area (Å²) < 4.78 is 6.18. The molecule has 4 rings (SSSR count). The molecule has 1 amide bonds. The van der Waals surface area contributed by atoms with Crippen molar-refractivity contribution in [3.05, 3.63) is 54.1 Å². The normalized spacial score (nSPS) is 18.5. The molecule has 1 saturated heterocycles. The monoisotopic (exact) mass is 393 g/mol. The molecule has 0 aliphatic carbocycles. The lowest BCUT2D eigenvalue weighted by Crippen LogP contribution is -2.34. The van der Waals surface area contributed by atoms with Gasteiger partial charge in [0.05, 0.1) is 6.61 Å². The summed E-state index contributed by atoms with van der Waals surface area (Å²) in [7, 11) is 0. The molecule has 0 aromatic heterocycles. The van der Waals surface area contributed by atoms with E-state index >= 15 is 0 Å². The zero-order valence-corrected chi connectivity index (χ0v) is 17.3. The summed E-state index contributed by atoms with van der Waals surface area (Å²) in [5, 5.41) is 2.95. The van der Waals surface area contributed by atoms with E-state index in [9.17, 15) is 4.79 Å². The maximum Gasteiger partial charge on any atom is 0.224 e. The van der Waals surface area contributed by atoms with Gasteiger partial charge in [0.15, 0.2) is 0 Å². The molecule has 2 aliphatic rings. The Balaban J connectivity index is 1.28. The number of carbonyl (C=O) groups is 1. The second-order valence-corrected chi connectivity index (χ2v) is 8.22. The van der Waals surface area contributed by atoms with Crippen molar-refractivity contribution in [3.8, 4) is 5.75 Å². The third kappa shape index (κ3) is 5.10. The van der Waals surface area contributed by atoms with Gasteiger partial charge in [0, 0.05) is 55.5 Å². The van der Waals surface area contributed by atoms with Crippen molar-refractivity contribution >= 4 is 17.3 Å². The number of nitrogens with zero attached hydrogens (tertiary/aromatic N) is 2. The van der Waals surface area contributed by atoms with E-state index < -0.39 is 0 Å². The largest absolute Gasteiger partial charge is 0.493 e. The van der Waals surface area contributed by atoms with Crippen molar-refractivity contribution in [2.75, 3.05) is 49.5 Å². The second-order valence-electron chi connectivity index (χ2n) is 8.22. The van der Waals surface area contributed by atoms with Crippen molar-refractivity contribution in [1.29, 1.82) is 0 Å². The predicted octanol–water partition coefficient (Wildman–Crippen LogP) is 3.80. The lowest BCUT2D eigenvalue weighted by atomic mass is 10.0. The Morgan fingerprint density at radius 3 is 2.72 bits per heavy atom. The fourth-order valence-corrected chi connectivity index (χ4v) is 4.30. The average Bonchev–Trinajstić information content (AvgIpc) is 2.98. The van der Waals surface area contributed by atoms with Gasteiger partial charge >= 0.3 is 0 Å². The van der Waals surface area contributed by atoms with E-state index in [0.29, 0.717) is 18.9 Å². The second kappa shape index (κ2) is 9.31. The van der Waals surface area contributed by atoms with Gasteiger partial charge in [-0.25, -0.2) is 0 Å². The van der Waals surface area contributed by atoms with E-state index in [4.69, 9.17) is 4.74 Å². The Hall–Kier alpha value is -2.53. The molecule has 0 spiro atoms. The topological polar surface area (TPSA) is 44.8 Å². The highest BCUT2D eigenvalue weighted by molar-refractivity contribution is 5.94. The van der Waals surface area contributed by atoms with Gasteiger partial charge in [-0.3, -0.25) is 4.79 Å². The van der Waals surface area contributed by atoms with Gasteiger partial charge in [0.25, 0.3) is 0 Å². The molecule has 1 atom stereocenters. The van der Waals surface area contributed by atoms with Gasteiger partial charge in [-0.1, -0.05) is 31.2 Å². The highest BCUT2D eigenvalue weighted by atomic mass is 16.5. The molecule has 1 N–H and O–H groups in total. The van der Waals surface area contributed by atoms with Gasteiger partial charge in [-0.05, 0) is 43.7 Å². The molecule has 1 unspecified atom stereocenters. The van der Waals surface area contributed by atoms with Crippen LogP contribution in [0.15, 0.2) is 48.5 Å². The highest BCUT2D eigenvalue weighted by Crippen LogP contribution is 2.31. The lowest BCUT2D eigenvalue weighted by Gasteiger charge is -2.26. The van der Waals surface area contributed by atoms with Crippen LogP contribution in [0.3, 0.4) is 0 Å². The average molecular weight is 394 g/mol. The van der Waals surface area contributed by atoms with Crippen LogP contribution < -0.4 is 15.0 Å². The molecule has 5 nitrogen and oxygen atoms in total. The lowest BCUT2D eigenvalue weighted by molar-refractivity contribution is -0.116. The van der Waals surface area contributed by atoms with Crippen LogP contribution in [0.1, 0.15) is 25.3 Å². The highest BCUT2D eigenvalue weighted by Gasteiger charge is 2.20. The fourth-order valence-electron chi connectivity index (χ4n) is 4.30. The van der Waals surface area contributed by atoms with Crippen LogP contribution in [-0.4, -0.2) is 50.1 Å². The number of carbonyl (C=O) groups excluding carboxylic acids is 1. The molecular weight excluding hydrogens is 362 g/mol. The molecule has 2 heterocycles. The molecule has 5 heteroatoms. The first-order valence-corrected chi connectivity index (χ1v) is 10.8. The minimum Gasteiger partial charge on any atom is -0.493 e. The van der Waals surface area contributed by atoms with E-state index in [1.807, 2.05) is 18.2 Å². The number of benzene rings is 2. The Bertz CT molecular complexity index is 824. The molecule has 29 heavy (non-hydrogen) atoms. The minimum absolute atomic E-state index is 0.0914. The molecule has 2 aromatic rings. The number of para-hydroxylation sites is 1. The number of anilines is 2. The number of ether oxygens (including phenoxy) is 1. The molecule has 2 aliphatic heterocycles.